The summed E-state index contributed by atoms with van der Waals surface area (Å²) in [5.41, 5.74) is 1.22. The smallest absolute Gasteiger partial charge is 0.267 e. The van der Waals surface area contributed by atoms with Crippen LogP contribution in [0.5, 0.6) is 0 Å². The first kappa shape index (κ1) is 36.2. The number of phosphoric acid groups is 1. The highest BCUT2D eigenvalue weighted by atomic mass is 31.2. The maximum Gasteiger partial charge on any atom is 0.267 e. The zero-order chi connectivity index (χ0) is 28.4. The molecule has 1 heterocycles. The molecule has 2 atom stereocenters. The molecule has 0 radical (unpaired) electrons. The summed E-state index contributed by atoms with van der Waals surface area (Å²) in [6.45, 7) is 8.83. The topological polar surface area (TPSA) is 71.7 Å². The summed E-state index contributed by atoms with van der Waals surface area (Å²) in [5, 5.41) is 0. The summed E-state index contributed by atoms with van der Waals surface area (Å²) in [6.07, 6.45) is 26.3. The maximum absolute atomic E-state index is 12.2. The minimum atomic E-state index is -4.28. The maximum atomic E-state index is 12.2. The average molecular weight is 570 g/mol. The molecule has 0 bridgehead atoms. The molecular formula is C32H60NO5P. The molecule has 0 spiro atoms. The first-order chi connectivity index (χ1) is 19.0. The first-order valence-corrected chi connectivity index (χ1v) is 17.6. The molecule has 1 aromatic heterocycles. The number of phosphoric ester groups is 1. The van der Waals surface area contributed by atoms with Crippen molar-refractivity contribution in [2.45, 2.75) is 143 Å². The van der Waals surface area contributed by atoms with Crippen LogP contribution in [0.25, 0.3) is 0 Å². The zero-order valence-electron chi connectivity index (χ0n) is 25.6. The lowest BCUT2D eigenvalue weighted by Gasteiger charge is -2.25. The van der Waals surface area contributed by atoms with Crippen molar-refractivity contribution in [3.63, 3.8) is 0 Å². The number of aryl methyl sites for hydroxylation is 2. The molecule has 6 nitrogen and oxygen atoms in total. The SMILES string of the molecule is CCCCCCCCCCCCCCCCOCC(CCC)COP(=O)([O-])OCCCC[n+]1ccc(C)cc1. The number of pyridine rings is 1. The highest BCUT2D eigenvalue weighted by Gasteiger charge is 2.15. The van der Waals surface area contributed by atoms with Gasteiger partial charge >= 0.3 is 0 Å². The Balaban J connectivity index is 1.99. The molecule has 228 valence electrons. The second-order valence-corrected chi connectivity index (χ2v) is 12.6. The van der Waals surface area contributed by atoms with Crippen LogP contribution in [-0.2, 0) is 24.9 Å². The van der Waals surface area contributed by atoms with Crippen molar-refractivity contribution in [1.82, 2.24) is 0 Å². The molecule has 0 aromatic carbocycles. The summed E-state index contributed by atoms with van der Waals surface area (Å²) in [5.74, 6) is 0.0745. The highest BCUT2D eigenvalue weighted by Crippen LogP contribution is 2.39. The fraction of sp³-hybridized carbons (Fsp3) is 0.844. The van der Waals surface area contributed by atoms with E-state index in [1.165, 1.54) is 89.0 Å². The molecule has 0 aliphatic carbocycles. The Morgan fingerprint density at radius 2 is 1.26 bits per heavy atom. The van der Waals surface area contributed by atoms with Gasteiger partial charge in [-0.1, -0.05) is 104 Å². The van der Waals surface area contributed by atoms with Gasteiger partial charge in [-0.05, 0) is 31.7 Å². The van der Waals surface area contributed by atoms with E-state index in [0.717, 1.165) is 38.8 Å². The van der Waals surface area contributed by atoms with Gasteiger partial charge in [0.2, 0.25) is 0 Å². The third kappa shape index (κ3) is 22.6. The molecule has 0 saturated carbocycles. The molecule has 7 heteroatoms. The summed E-state index contributed by atoms with van der Waals surface area (Å²) >= 11 is 0. The third-order valence-corrected chi connectivity index (χ3v) is 8.24. The van der Waals surface area contributed by atoms with Crippen molar-refractivity contribution in [3.8, 4) is 0 Å². The summed E-state index contributed by atoms with van der Waals surface area (Å²) in [6, 6.07) is 4.12. The van der Waals surface area contributed by atoms with Gasteiger partial charge < -0.3 is 18.7 Å². The molecule has 0 N–H and O–H groups in total. The van der Waals surface area contributed by atoms with Crippen molar-refractivity contribution in [3.05, 3.63) is 30.1 Å². The van der Waals surface area contributed by atoms with Gasteiger partial charge in [-0.15, -0.1) is 0 Å². The van der Waals surface area contributed by atoms with Crippen LogP contribution in [0, 0.1) is 12.8 Å². The van der Waals surface area contributed by atoms with Crippen LogP contribution in [0.1, 0.15) is 135 Å². The van der Waals surface area contributed by atoms with E-state index in [-0.39, 0.29) is 19.1 Å². The van der Waals surface area contributed by atoms with E-state index in [1.54, 1.807) is 0 Å². The van der Waals surface area contributed by atoms with E-state index in [2.05, 4.69) is 37.5 Å². The van der Waals surface area contributed by atoms with E-state index in [0.29, 0.717) is 13.0 Å². The van der Waals surface area contributed by atoms with E-state index in [9.17, 15) is 9.46 Å². The fourth-order valence-electron chi connectivity index (χ4n) is 4.76. The van der Waals surface area contributed by atoms with Gasteiger partial charge in [0.05, 0.1) is 19.8 Å². The lowest BCUT2D eigenvalue weighted by molar-refractivity contribution is -0.697. The summed E-state index contributed by atoms with van der Waals surface area (Å²) in [4.78, 5) is 12.2. The van der Waals surface area contributed by atoms with Gasteiger partial charge in [0, 0.05) is 31.1 Å². The van der Waals surface area contributed by atoms with Crippen LogP contribution in [0.4, 0.5) is 0 Å². The van der Waals surface area contributed by atoms with Crippen LogP contribution < -0.4 is 9.46 Å². The predicted molar refractivity (Wildman–Crippen MR) is 160 cm³/mol. The minimum absolute atomic E-state index is 0.0745. The van der Waals surface area contributed by atoms with Crippen molar-refractivity contribution in [2.24, 2.45) is 5.92 Å². The van der Waals surface area contributed by atoms with Crippen LogP contribution in [-0.4, -0.2) is 26.4 Å². The van der Waals surface area contributed by atoms with Crippen LogP contribution in [0.15, 0.2) is 24.5 Å². The van der Waals surface area contributed by atoms with Gasteiger partial charge in [0.15, 0.2) is 12.4 Å². The Bertz CT molecular complexity index is 715. The van der Waals surface area contributed by atoms with Crippen molar-refractivity contribution < 1.29 is 27.8 Å². The van der Waals surface area contributed by atoms with Gasteiger partial charge in [0.1, 0.15) is 6.54 Å². The largest absolute Gasteiger partial charge is 0.756 e. The average Bonchev–Trinajstić information content (AvgIpc) is 2.92. The number of unbranched alkanes of at least 4 members (excludes halogenated alkanes) is 14. The Morgan fingerprint density at radius 1 is 0.718 bits per heavy atom. The van der Waals surface area contributed by atoms with Gasteiger partial charge in [-0.3, -0.25) is 4.57 Å². The Hall–Kier alpha value is -0.780. The lowest BCUT2D eigenvalue weighted by atomic mass is 10.0. The summed E-state index contributed by atoms with van der Waals surface area (Å²) < 4.78 is 30.4. The molecule has 0 amide bonds. The molecule has 0 aliphatic rings. The predicted octanol–water partition coefficient (Wildman–Crippen LogP) is 8.48. The molecule has 39 heavy (non-hydrogen) atoms. The zero-order valence-corrected chi connectivity index (χ0v) is 26.5. The summed E-state index contributed by atoms with van der Waals surface area (Å²) in [7, 11) is -4.28. The second-order valence-electron chi connectivity index (χ2n) is 11.2. The molecule has 0 fully saturated rings. The van der Waals surface area contributed by atoms with Crippen LogP contribution in [0.2, 0.25) is 0 Å². The molecular weight excluding hydrogens is 509 g/mol. The number of hydrogen-bond donors (Lipinski definition) is 0. The molecule has 1 aromatic rings. The standard InChI is InChI=1S/C32H60NO5P/c1-4-6-7-8-9-10-11-12-13-14-15-16-17-19-27-36-29-32(21-5-2)30-38-39(34,35)37-28-20-18-24-33-25-22-31(3)23-26-33/h22-23,25-26,32H,4-21,24,27-30H2,1-3H3. The van der Waals surface area contributed by atoms with Gasteiger partial charge in [-0.25, -0.2) is 4.57 Å². The lowest BCUT2D eigenvalue weighted by Crippen LogP contribution is -2.32. The monoisotopic (exact) mass is 569 g/mol. The van der Waals surface area contributed by atoms with Crippen molar-refractivity contribution in [1.29, 1.82) is 0 Å². The third-order valence-electron chi connectivity index (χ3n) is 7.28. The molecule has 0 saturated heterocycles. The Kier molecular flexibility index (Phi) is 23.2. The molecule has 2 unspecified atom stereocenters. The van der Waals surface area contributed by atoms with Crippen molar-refractivity contribution in [2.75, 3.05) is 26.4 Å². The van der Waals surface area contributed by atoms with E-state index >= 15 is 0 Å². The second kappa shape index (κ2) is 25.0. The number of rotatable bonds is 28. The number of ether oxygens (including phenoxy) is 1. The van der Waals surface area contributed by atoms with Gasteiger partial charge in [-0.2, -0.15) is 0 Å². The number of hydrogen-bond acceptors (Lipinski definition) is 5. The van der Waals surface area contributed by atoms with Crippen LogP contribution >= 0.6 is 7.82 Å². The fourth-order valence-corrected chi connectivity index (χ4v) is 5.58. The Labute approximate surface area is 240 Å². The van der Waals surface area contributed by atoms with Crippen LogP contribution in [0.3, 0.4) is 0 Å². The first-order valence-electron chi connectivity index (χ1n) is 16.1. The van der Waals surface area contributed by atoms with E-state index < -0.39 is 7.82 Å². The van der Waals surface area contributed by atoms with Gasteiger partial charge in [0.25, 0.3) is 7.82 Å². The number of nitrogens with zero attached hydrogens (tertiary/aromatic N) is 1. The van der Waals surface area contributed by atoms with E-state index in [4.69, 9.17) is 13.8 Å². The quantitative estimate of drug-likeness (QED) is 0.0575. The number of aromatic nitrogens is 1. The molecule has 0 aliphatic heterocycles. The van der Waals surface area contributed by atoms with E-state index in [1.807, 2.05) is 12.4 Å². The Morgan fingerprint density at radius 3 is 1.82 bits per heavy atom. The minimum Gasteiger partial charge on any atom is -0.756 e. The highest BCUT2D eigenvalue weighted by molar-refractivity contribution is 7.45. The molecule has 1 rings (SSSR count). The van der Waals surface area contributed by atoms with Crippen molar-refractivity contribution >= 4 is 7.82 Å². The normalized spacial score (nSPS) is 13.9.